The molecule has 0 bridgehead atoms. The number of amides is 2. The van der Waals surface area contributed by atoms with Crippen molar-refractivity contribution >= 4 is 35.4 Å². The minimum atomic E-state index is -0.644. The summed E-state index contributed by atoms with van der Waals surface area (Å²) in [4.78, 5) is 81.0. The van der Waals surface area contributed by atoms with Crippen molar-refractivity contribution in [2.24, 2.45) is 22.7 Å². The van der Waals surface area contributed by atoms with Crippen LogP contribution in [-0.2, 0) is 28.5 Å². The van der Waals surface area contributed by atoms with E-state index in [9.17, 15) is 28.0 Å². The van der Waals surface area contributed by atoms with E-state index in [1.165, 1.54) is 61.2 Å². The van der Waals surface area contributed by atoms with E-state index in [-0.39, 0.29) is 93.0 Å². The molecule has 6 heterocycles. The van der Waals surface area contributed by atoms with Gasteiger partial charge in [-0.25, -0.2) is 28.3 Å². The summed E-state index contributed by atoms with van der Waals surface area (Å²) in [6.07, 6.45) is 6.89. The second-order valence-corrected chi connectivity index (χ2v) is 27.2. The molecule has 4 aliphatic heterocycles. The van der Waals surface area contributed by atoms with Crippen molar-refractivity contribution in [1.82, 2.24) is 59.8 Å². The molecule has 8 rings (SSSR count). The zero-order valence-electron chi connectivity index (χ0n) is 57.6. The fourth-order valence-corrected chi connectivity index (χ4v) is 13.9. The first-order valence-electron chi connectivity index (χ1n) is 33.2. The monoisotopic (exact) mass is 1310 g/mol. The molecule has 4 aliphatic rings. The number of rotatable bonds is 34. The normalized spacial score (nSPS) is 17.6. The fourth-order valence-electron chi connectivity index (χ4n) is 13.9. The highest BCUT2D eigenvalue weighted by Gasteiger charge is 2.52. The van der Waals surface area contributed by atoms with Crippen LogP contribution in [0.5, 0.6) is 23.3 Å². The molecular formula is C68H100F2N14O10. The van der Waals surface area contributed by atoms with Gasteiger partial charge in [-0.05, 0) is 117 Å². The number of aromatic nitrogens is 6. The van der Waals surface area contributed by atoms with Gasteiger partial charge in [0.1, 0.15) is 48.0 Å². The van der Waals surface area contributed by atoms with Crippen LogP contribution < -0.4 is 19.3 Å². The van der Waals surface area contributed by atoms with Gasteiger partial charge >= 0.3 is 11.9 Å². The molecule has 516 valence electrons. The molecule has 4 saturated heterocycles. The zero-order chi connectivity index (χ0) is 68.0. The number of esters is 2. The third-order valence-corrected chi connectivity index (χ3v) is 18.8. The standard InChI is InChI=1S/C68H100F2N14O10/c1-15-83(47(7)8)65(87)53-31-49(69)17-19-57(53)93-63-61(71-43-73-75-63)79-25-23-67(37-79)39-81(40-67)55(45(3)4)33-51(35-77(11)27-29-89-13)91-59(85)21-22-60(86)92-52(36-78(12)28-30-90-14)34-56(46(5)6)82-41-68(42-82)24-26-80(38-68)62-64(76-74-44-72-62)94-58-20-18-50(70)32-54(58)66(88)84(16-2)48(9)10/h17-22,31-32,43-48,51-52,55-56H,15-16,23-30,33-42H2,1-14H3/b22-21+/t51-,52-,55-,56-/m0/s1. The molecule has 4 fully saturated rings. The molecule has 2 aromatic heterocycles. The van der Waals surface area contributed by atoms with Gasteiger partial charge in [0.2, 0.25) is 0 Å². The van der Waals surface area contributed by atoms with E-state index >= 15 is 0 Å². The SMILES string of the molecule is CCN(C(=O)c1cc(F)ccc1Oc1nncnc1N1CCC2(C1)CN([C@@H](C[C@@H](CN(C)CCOC)OC(=O)/C=C/C(=O)O[C@@H](C[C@@H](C(C)C)N1CC3(CCN(c4ncnnc4Oc4ccc(F)cc4C(=O)N(CC)C(C)C)C3)C1)CN(C)CCOC)C(C)C)C2)C(C)C. The van der Waals surface area contributed by atoms with E-state index in [1.807, 2.05) is 55.6 Å². The molecule has 0 radical (unpaired) electrons. The molecule has 4 aromatic rings. The summed E-state index contributed by atoms with van der Waals surface area (Å²) in [5, 5.41) is 16.6. The molecule has 2 amide bonds. The summed E-state index contributed by atoms with van der Waals surface area (Å²) in [6.45, 7) is 30.0. The molecule has 2 spiro atoms. The quantitative estimate of drug-likeness (QED) is 0.0322. The Bertz CT molecular complexity index is 3000. The van der Waals surface area contributed by atoms with Gasteiger partial charge in [0.25, 0.3) is 23.6 Å². The highest BCUT2D eigenvalue weighted by Crippen LogP contribution is 2.47. The molecule has 2 aromatic carbocycles. The van der Waals surface area contributed by atoms with Crippen molar-refractivity contribution in [2.75, 3.05) is 143 Å². The highest BCUT2D eigenvalue weighted by molar-refractivity contribution is 5.98. The Hall–Kier alpha value is -7.10. The summed E-state index contributed by atoms with van der Waals surface area (Å²) < 4.78 is 65.2. The van der Waals surface area contributed by atoms with Gasteiger partial charge < -0.3 is 57.8 Å². The van der Waals surface area contributed by atoms with Crippen LogP contribution in [0.3, 0.4) is 0 Å². The van der Waals surface area contributed by atoms with E-state index in [2.05, 4.69) is 87.5 Å². The lowest BCUT2D eigenvalue weighted by Crippen LogP contribution is -2.62. The zero-order valence-corrected chi connectivity index (χ0v) is 57.6. The molecule has 0 saturated carbocycles. The minimum Gasteiger partial charge on any atom is -0.458 e. The molecule has 24 nitrogen and oxygen atoms in total. The maximum Gasteiger partial charge on any atom is 0.331 e. The lowest BCUT2D eigenvalue weighted by molar-refractivity contribution is -0.149. The van der Waals surface area contributed by atoms with Crippen molar-refractivity contribution in [1.29, 1.82) is 0 Å². The third-order valence-electron chi connectivity index (χ3n) is 18.8. The Morgan fingerprint density at radius 2 is 0.968 bits per heavy atom. The Kier molecular flexibility index (Phi) is 25.6. The van der Waals surface area contributed by atoms with Gasteiger partial charge in [-0.3, -0.25) is 19.4 Å². The summed E-state index contributed by atoms with van der Waals surface area (Å²) in [5.74, 6) is -1.17. The topological polar surface area (TPSA) is 227 Å². The minimum absolute atomic E-state index is 0.0513. The largest absolute Gasteiger partial charge is 0.458 e. The predicted molar refractivity (Wildman–Crippen MR) is 352 cm³/mol. The highest BCUT2D eigenvalue weighted by atomic mass is 19.1. The van der Waals surface area contributed by atoms with Crippen LogP contribution >= 0.6 is 0 Å². The van der Waals surface area contributed by atoms with Gasteiger partial charge in [0.15, 0.2) is 11.6 Å². The van der Waals surface area contributed by atoms with Gasteiger partial charge in [0.05, 0.1) is 24.3 Å². The Balaban J connectivity index is 0.888. The molecular weight excluding hydrogens is 1210 g/mol. The number of ether oxygens (including phenoxy) is 6. The lowest BCUT2D eigenvalue weighted by Gasteiger charge is -2.53. The number of methoxy groups -OCH3 is 2. The van der Waals surface area contributed by atoms with Crippen molar-refractivity contribution in [3.63, 3.8) is 0 Å². The predicted octanol–water partition coefficient (Wildman–Crippen LogP) is 7.75. The van der Waals surface area contributed by atoms with E-state index in [4.69, 9.17) is 28.4 Å². The molecule has 26 heteroatoms. The van der Waals surface area contributed by atoms with E-state index in [0.717, 1.165) is 39.0 Å². The van der Waals surface area contributed by atoms with E-state index in [1.54, 1.807) is 24.0 Å². The summed E-state index contributed by atoms with van der Waals surface area (Å²) in [7, 11) is 7.24. The number of hydrogen-bond acceptors (Lipinski definition) is 22. The summed E-state index contributed by atoms with van der Waals surface area (Å²) in [6, 6.07) is 7.62. The number of likely N-dealkylation sites (tertiary alicyclic amines) is 2. The number of likely N-dealkylation sites (N-methyl/N-ethyl adjacent to an activating group) is 2. The van der Waals surface area contributed by atoms with Gasteiger partial charge in [-0.15, -0.1) is 20.4 Å². The first-order chi connectivity index (χ1) is 44.9. The van der Waals surface area contributed by atoms with E-state index < -0.39 is 35.8 Å². The van der Waals surface area contributed by atoms with Crippen molar-refractivity contribution in [3.8, 4) is 23.3 Å². The number of benzene rings is 2. The molecule has 0 unspecified atom stereocenters. The smallest absolute Gasteiger partial charge is 0.331 e. The Morgan fingerprint density at radius 1 is 0.585 bits per heavy atom. The van der Waals surface area contributed by atoms with Crippen LogP contribution in [0.15, 0.2) is 61.2 Å². The number of carbonyl (C=O) groups excluding carboxylic acids is 4. The average molecular weight is 1310 g/mol. The maximum absolute atomic E-state index is 14.7. The summed E-state index contributed by atoms with van der Waals surface area (Å²) in [5.41, 5.74) is 0.0423. The first-order valence-corrected chi connectivity index (χ1v) is 33.2. The van der Waals surface area contributed by atoms with Gasteiger partial charge in [-0.2, -0.15) is 0 Å². The van der Waals surface area contributed by atoms with Gasteiger partial charge in [-0.1, -0.05) is 27.7 Å². The number of anilines is 2. The Morgan fingerprint density at radius 3 is 1.31 bits per heavy atom. The van der Waals surface area contributed by atoms with Crippen LogP contribution in [-0.4, -0.2) is 253 Å². The first kappa shape index (κ1) is 72.7. The fraction of sp³-hybridized carbons (Fsp3) is 0.647. The number of carbonyl (C=O) groups is 4. The molecule has 0 aliphatic carbocycles. The lowest BCUT2D eigenvalue weighted by atomic mass is 9.76. The average Bonchev–Trinajstić information content (AvgIpc) is 1.55. The number of halogens is 2. The van der Waals surface area contributed by atoms with Gasteiger partial charge in [0, 0.05) is 166 Å². The van der Waals surface area contributed by atoms with Crippen molar-refractivity contribution in [2.45, 2.75) is 131 Å². The number of hydrogen-bond donors (Lipinski definition) is 0. The van der Waals surface area contributed by atoms with Crippen LogP contribution in [0.2, 0.25) is 0 Å². The maximum atomic E-state index is 14.7. The second-order valence-electron chi connectivity index (χ2n) is 27.2. The van der Waals surface area contributed by atoms with Crippen LogP contribution in [0.4, 0.5) is 20.4 Å². The van der Waals surface area contributed by atoms with Crippen molar-refractivity contribution < 1.29 is 56.4 Å². The van der Waals surface area contributed by atoms with E-state index in [0.29, 0.717) is 103 Å². The van der Waals surface area contributed by atoms with Crippen LogP contribution in [0.25, 0.3) is 0 Å². The third kappa shape index (κ3) is 18.5. The van der Waals surface area contributed by atoms with Crippen molar-refractivity contribution in [3.05, 3.63) is 84.0 Å². The van der Waals surface area contributed by atoms with Crippen LogP contribution in [0, 0.1) is 34.3 Å². The molecule has 0 N–H and O–H groups in total. The second kappa shape index (κ2) is 33.0. The molecule has 94 heavy (non-hydrogen) atoms. The van der Waals surface area contributed by atoms with Crippen LogP contribution in [0.1, 0.15) is 116 Å². The Labute approximate surface area is 553 Å². The summed E-state index contributed by atoms with van der Waals surface area (Å²) >= 11 is 0. The number of nitrogens with zero attached hydrogens (tertiary/aromatic N) is 14. The molecule has 4 atom stereocenters.